The van der Waals surface area contributed by atoms with Crippen LogP contribution in [-0.2, 0) is 5.66 Å². The smallest absolute Gasteiger partial charge is 0.404 e. The van der Waals surface area contributed by atoms with Crippen LogP contribution in [0.15, 0.2) is 164 Å². The second-order valence-corrected chi connectivity index (χ2v) is 17.5. The Labute approximate surface area is 359 Å². The van der Waals surface area contributed by atoms with Crippen LogP contribution in [0.3, 0.4) is 0 Å². The van der Waals surface area contributed by atoms with Gasteiger partial charge >= 0.3 is 17.4 Å². The molecule has 0 fully saturated rings. The van der Waals surface area contributed by atoms with E-state index in [0.29, 0.717) is 0 Å². The standard InChI is InChI=1S/C57H39N3O2/c1-32-24-38(36-14-7-5-8-15-36)25-33(2)52(32)40-28-46-47-29-41(53-34(3)26-39(27-35(53)4)37-16-9-6-10-17-37)31-51-60(47)57-54-45(20-13-21-48(54)61-50(30-40)59(46)57)58-44-19-12-11-18-42(44)43-22-23-49(62-51)55(57)56(43)58/h5-31H,1-4H3/q+2. The van der Waals surface area contributed by atoms with E-state index >= 15 is 0 Å². The number of hydrogen-bond acceptors (Lipinski definition) is 2. The number of hydrogen-bond donors (Lipinski definition) is 0. The summed E-state index contributed by atoms with van der Waals surface area (Å²) in [4.78, 5) is 0. The summed E-state index contributed by atoms with van der Waals surface area (Å²) >= 11 is 0. The van der Waals surface area contributed by atoms with Crippen molar-refractivity contribution in [3.05, 3.63) is 197 Å². The molecule has 0 aliphatic carbocycles. The highest BCUT2D eigenvalue weighted by Crippen LogP contribution is 2.59. The van der Waals surface area contributed by atoms with Gasteiger partial charge in [-0.3, -0.25) is 0 Å². The van der Waals surface area contributed by atoms with Crippen molar-refractivity contribution in [1.82, 2.24) is 4.57 Å². The molecule has 1 unspecified atom stereocenters. The van der Waals surface area contributed by atoms with Crippen LogP contribution in [0.1, 0.15) is 33.4 Å². The molecular weight excluding hydrogens is 759 g/mol. The normalized spacial score (nSPS) is 15.4. The first-order valence-corrected chi connectivity index (χ1v) is 21.5. The topological polar surface area (TPSA) is 31.2 Å². The predicted molar refractivity (Wildman–Crippen MR) is 245 cm³/mol. The lowest BCUT2D eigenvalue weighted by Gasteiger charge is -2.35. The summed E-state index contributed by atoms with van der Waals surface area (Å²) in [7, 11) is 0. The minimum atomic E-state index is -0.809. The Balaban J connectivity index is 1.10. The van der Waals surface area contributed by atoms with Gasteiger partial charge in [0.25, 0.3) is 11.4 Å². The summed E-state index contributed by atoms with van der Waals surface area (Å²) in [5.41, 5.74) is 21.5. The molecule has 1 spiro atoms. The van der Waals surface area contributed by atoms with Crippen molar-refractivity contribution in [2.45, 2.75) is 33.4 Å². The first kappa shape index (κ1) is 34.0. The number of nitrogens with zero attached hydrogens (tertiary/aromatic N) is 3. The van der Waals surface area contributed by atoms with E-state index in [4.69, 9.17) is 9.47 Å². The molecule has 0 amide bonds. The van der Waals surface area contributed by atoms with Crippen molar-refractivity contribution in [2.24, 2.45) is 0 Å². The number of benzene rings is 7. The van der Waals surface area contributed by atoms with Gasteiger partial charge in [0.15, 0.2) is 22.6 Å². The molecule has 5 nitrogen and oxygen atoms in total. The van der Waals surface area contributed by atoms with E-state index in [1.165, 1.54) is 77.4 Å². The Morgan fingerprint density at radius 1 is 0.419 bits per heavy atom. The van der Waals surface area contributed by atoms with Crippen molar-refractivity contribution in [3.63, 3.8) is 0 Å². The highest BCUT2D eigenvalue weighted by atomic mass is 16.5. The van der Waals surface area contributed by atoms with E-state index < -0.39 is 5.66 Å². The maximum absolute atomic E-state index is 7.27. The monoisotopic (exact) mass is 797 g/mol. The molecule has 1 atom stereocenters. The maximum atomic E-state index is 7.27. The van der Waals surface area contributed by atoms with Gasteiger partial charge in [-0.1, -0.05) is 118 Å². The van der Waals surface area contributed by atoms with Crippen LogP contribution in [-0.4, -0.2) is 4.57 Å². The quantitative estimate of drug-likeness (QED) is 0.166. The van der Waals surface area contributed by atoms with Gasteiger partial charge in [-0.15, -0.1) is 0 Å². The maximum Gasteiger partial charge on any atom is 0.433 e. The van der Waals surface area contributed by atoms with E-state index in [1.54, 1.807) is 0 Å². The Morgan fingerprint density at radius 2 is 0.935 bits per heavy atom. The van der Waals surface area contributed by atoms with E-state index in [0.717, 1.165) is 62.6 Å². The molecule has 62 heavy (non-hydrogen) atoms. The SMILES string of the molecule is Cc1cc(-c2ccccc2)cc(C)c1-c1cc2[n+]3c(c1)-c1cc(-c4c(C)cc(-c5ccccc5)cc4C)cc4[n+]1C31c3c(cccc3-n3c5ccccc5c5ccc(c1c53)O4)O2. The zero-order valence-electron chi connectivity index (χ0n) is 34.7. The van der Waals surface area contributed by atoms with Gasteiger partial charge in [-0.05, 0) is 125 Å². The molecule has 10 aromatic rings. The third-order valence-corrected chi connectivity index (χ3v) is 14.0. The fourth-order valence-electron chi connectivity index (χ4n) is 11.8. The third-order valence-electron chi connectivity index (χ3n) is 14.0. The third kappa shape index (κ3) is 4.13. The summed E-state index contributed by atoms with van der Waals surface area (Å²) in [5.74, 6) is 3.32. The van der Waals surface area contributed by atoms with Crippen molar-refractivity contribution in [3.8, 4) is 84.8 Å². The van der Waals surface area contributed by atoms with Gasteiger partial charge in [-0.2, -0.15) is 0 Å². The molecule has 292 valence electrons. The molecular formula is C57H39N3O2+2. The van der Waals surface area contributed by atoms with E-state index in [-0.39, 0.29) is 0 Å². The van der Waals surface area contributed by atoms with Crippen LogP contribution in [0.4, 0.5) is 0 Å². The van der Waals surface area contributed by atoms with Crippen LogP contribution in [0.5, 0.6) is 23.3 Å². The molecule has 0 saturated heterocycles. The van der Waals surface area contributed by atoms with E-state index in [9.17, 15) is 0 Å². The molecule has 4 aliphatic heterocycles. The lowest BCUT2D eigenvalue weighted by atomic mass is 9.82. The number of aromatic nitrogens is 3. The number of rotatable bonds is 4. The average Bonchev–Trinajstić information content (AvgIpc) is 3.78. The zero-order chi connectivity index (χ0) is 41.2. The van der Waals surface area contributed by atoms with Gasteiger partial charge < -0.3 is 14.0 Å². The summed E-state index contributed by atoms with van der Waals surface area (Å²) in [5, 5.41) is 2.43. The summed E-state index contributed by atoms with van der Waals surface area (Å²) in [6.07, 6.45) is 0. The molecule has 7 aromatic carbocycles. The van der Waals surface area contributed by atoms with Gasteiger partial charge in [0.2, 0.25) is 0 Å². The molecule has 0 N–H and O–H groups in total. The minimum Gasteiger partial charge on any atom is -0.404 e. The van der Waals surface area contributed by atoms with Crippen LogP contribution < -0.4 is 18.6 Å². The highest BCUT2D eigenvalue weighted by molar-refractivity contribution is 6.12. The Bertz CT molecular complexity index is 3480. The lowest BCUT2D eigenvalue weighted by molar-refractivity contribution is -0.943. The first-order chi connectivity index (χ1) is 30.4. The zero-order valence-corrected chi connectivity index (χ0v) is 34.7. The number of pyridine rings is 2. The second kappa shape index (κ2) is 11.7. The second-order valence-electron chi connectivity index (χ2n) is 17.5. The Hall–Kier alpha value is -7.76. The predicted octanol–water partition coefficient (Wildman–Crippen LogP) is 13.1. The summed E-state index contributed by atoms with van der Waals surface area (Å²) in [6.45, 7) is 8.96. The van der Waals surface area contributed by atoms with E-state index in [2.05, 4.69) is 205 Å². The number of aryl methyl sites for hydroxylation is 4. The van der Waals surface area contributed by atoms with Crippen molar-refractivity contribution >= 4 is 21.8 Å². The summed E-state index contributed by atoms with van der Waals surface area (Å²) in [6, 6.07) is 59.8. The largest absolute Gasteiger partial charge is 0.433 e. The van der Waals surface area contributed by atoms with Crippen molar-refractivity contribution in [1.29, 1.82) is 0 Å². The fourth-order valence-corrected chi connectivity index (χ4v) is 11.8. The van der Waals surface area contributed by atoms with Crippen molar-refractivity contribution < 1.29 is 18.6 Å². The van der Waals surface area contributed by atoms with Crippen LogP contribution in [0.25, 0.3) is 83.4 Å². The molecule has 4 aliphatic rings. The van der Waals surface area contributed by atoms with Gasteiger partial charge in [0.05, 0.1) is 28.9 Å². The molecule has 0 radical (unpaired) electrons. The van der Waals surface area contributed by atoms with Gasteiger partial charge in [0, 0.05) is 22.9 Å². The lowest BCUT2D eigenvalue weighted by Crippen LogP contribution is -2.74. The number of para-hydroxylation sites is 1. The minimum absolute atomic E-state index is 0.804. The molecule has 7 heterocycles. The van der Waals surface area contributed by atoms with Crippen LogP contribution >= 0.6 is 0 Å². The highest BCUT2D eigenvalue weighted by Gasteiger charge is 2.74. The summed E-state index contributed by atoms with van der Waals surface area (Å²) < 4.78 is 21.9. The first-order valence-electron chi connectivity index (χ1n) is 21.5. The molecule has 5 heteroatoms. The van der Waals surface area contributed by atoms with Crippen LogP contribution in [0, 0.1) is 27.7 Å². The molecule has 14 rings (SSSR count). The molecule has 0 bridgehead atoms. The molecule has 3 aromatic heterocycles. The van der Waals surface area contributed by atoms with E-state index in [1.807, 2.05) is 0 Å². The van der Waals surface area contributed by atoms with Gasteiger partial charge in [-0.25, -0.2) is 0 Å². The number of fused-ring (bicyclic) bond motifs is 5. The van der Waals surface area contributed by atoms with Crippen LogP contribution in [0.2, 0.25) is 0 Å². The fraction of sp³-hybridized carbons (Fsp3) is 0.0877. The molecule has 0 saturated carbocycles. The van der Waals surface area contributed by atoms with Crippen molar-refractivity contribution in [2.75, 3.05) is 0 Å². The average molecular weight is 798 g/mol. The Morgan fingerprint density at radius 3 is 1.50 bits per heavy atom. The number of ether oxygens (including phenoxy) is 2. The Kier molecular flexibility index (Phi) is 6.44. The van der Waals surface area contributed by atoms with Gasteiger partial charge in [0.1, 0.15) is 0 Å².